The fourth-order valence-corrected chi connectivity index (χ4v) is 2.28. The van der Waals surface area contributed by atoms with E-state index in [0.29, 0.717) is 5.75 Å². The number of rotatable bonds is 4. The fourth-order valence-electron chi connectivity index (χ4n) is 2.28. The highest BCUT2D eigenvalue weighted by Crippen LogP contribution is 2.24. The van der Waals surface area contributed by atoms with Crippen LogP contribution in [0.15, 0.2) is 24.3 Å². The van der Waals surface area contributed by atoms with Gasteiger partial charge in [-0.2, -0.15) is 5.10 Å². The van der Waals surface area contributed by atoms with Crippen LogP contribution >= 0.6 is 0 Å². The first kappa shape index (κ1) is 14.1. The van der Waals surface area contributed by atoms with Crippen molar-refractivity contribution in [3.63, 3.8) is 0 Å². The van der Waals surface area contributed by atoms with E-state index < -0.39 is 0 Å². The molecule has 2 aromatic rings. The summed E-state index contributed by atoms with van der Waals surface area (Å²) in [4.78, 5) is 12.3. The maximum absolute atomic E-state index is 12.3. The Morgan fingerprint density at radius 1 is 1.40 bits per heavy atom. The molecular formula is C15H19N3O2. The molecule has 0 saturated carbocycles. The molecule has 0 aliphatic heterocycles. The second-order valence-corrected chi connectivity index (χ2v) is 4.79. The molecule has 1 amide bonds. The molecule has 0 spiro atoms. The minimum absolute atomic E-state index is 0.0640. The quantitative estimate of drug-likeness (QED) is 0.900. The van der Waals surface area contributed by atoms with Gasteiger partial charge in [-0.15, -0.1) is 0 Å². The van der Waals surface area contributed by atoms with Crippen molar-refractivity contribution in [2.45, 2.75) is 26.7 Å². The van der Waals surface area contributed by atoms with Crippen LogP contribution in [-0.2, 0) is 4.79 Å². The number of anilines is 1. The second-order valence-electron chi connectivity index (χ2n) is 4.79. The number of ether oxygens (including phenoxy) is 1. The molecule has 1 aromatic heterocycles. The molecule has 106 valence electrons. The van der Waals surface area contributed by atoms with Crippen LogP contribution < -0.4 is 10.1 Å². The monoisotopic (exact) mass is 273 g/mol. The van der Waals surface area contributed by atoms with Crippen molar-refractivity contribution in [1.82, 2.24) is 10.2 Å². The van der Waals surface area contributed by atoms with Crippen LogP contribution in [0.3, 0.4) is 0 Å². The first-order chi connectivity index (χ1) is 9.52. The molecule has 0 radical (unpaired) electrons. The number of benzene rings is 1. The summed E-state index contributed by atoms with van der Waals surface area (Å²) < 4.78 is 5.14. The SMILES string of the molecule is COc1cccc(NC(=O)C(C)c2c(C)n[nH]c2C)c1. The van der Waals surface area contributed by atoms with Crippen molar-refractivity contribution >= 4 is 11.6 Å². The maximum atomic E-state index is 12.3. The summed E-state index contributed by atoms with van der Waals surface area (Å²) in [7, 11) is 1.60. The molecule has 0 aliphatic rings. The van der Waals surface area contributed by atoms with Crippen LogP contribution in [-0.4, -0.2) is 23.2 Å². The molecule has 1 unspecified atom stereocenters. The number of carbonyl (C=O) groups excluding carboxylic acids is 1. The molecule has 0 saturated heterocycles. The number of nitrogens with one attached hydrogen (secondary N) is 2. The number of carbonyl (C=O) groups is 1. The van der Waals surface area contributed by atoms with Crippen LogP contribution in [0.1, 0.15) is 29.8 Å². The number of aryl methyl sites for hydroxylation is 2. The number of methoxy groups -OCH3 is 1. The highest BCUT2D eigenvalue weighted by atomic mass is 16.5. The largest absolute Gasteiger partial charge is 0.497 e. The summed E-state index contributed by atoms with van der Waals surface area (Å²) in [5.74, 6) is 0.386. The van der Waals surface area contributed by atoms with Crippen LogP contribution in [0.4, 0.5) is 5.69 Å². The van der Waals surface area contributed by atoms with Gasteiger partial charge in [-0.3, -0.25) is 9.89 Å². The van der Waals surface area contributed by atoms with Gasteiger partial charge in [0.2, 0.25) is 5.91 Å². The molecule has 1 heterocycles. The third-order valence-corrected chi connectivity index (χ3v) is 3.35. The van der Waals surface area contributed by atoms with E-state index in [-0.39, 0.29) is 11.8 Å². The molecule has 5 nitrogen and oxygen atoms in total. The van der Waals surface area contributed by atoms with Crippen molar-refractivity contribution in [3.8, 4) is 5.75 Å². The average molecular weight is 273 g/mol. The topological polar surface area (TPSA) is 67.0 Å². The van der Waals surface area contributed by atoms with E-state index in [0.717, 1.165) is 22.6 Å². The second kappa shape index (κ2) is 5.77. The van der Waals surface area contributed by atoms with Gasteiger partial charge in [0.15, 0.2) is 0 Å². The molecule has 0 fully saturated rings. The molecule has 5 heteroatoms. The smallest absolute Gasteiger partial charge is 0.231 e. The number of H-pyrrole nitrogens is 1. The van der Waals surface area contributed by atoms with E-state index in [1.807, 2.05) is 39.0 Å². The number of nitrogens with zero attached hydrogens (tertiary/aromatic N) is 1. The molecule has 2 rings (SSSR count). The van der Waals surface area contributed by atoms with Crippen molar-refractivity contribution in [1.29, 1.82) is 0 Å². The predicted octanol–water partition coefficient (Wildman–Crippen LogP) is 2.78. The van der Waals surface area contributed by atoms with Gasteiger partial charge in [0, 0.05) is 23.0 Å². The number of aromatic nitrogens is 2. The Morgan fingerprint density at radius 3 is 2.75 bits per heavy atom. The first-order valence-corrected chi connectivity index (χ1v) is 6.49. The standard InChI is InChI=1S/C15H19N3O2/c1-9(14-10(2)17-18-11(14)3)15(19)16-12-6-5-7-13(8-12)20-4/h5-9H,1-4H3,(H,16,19)(H,17,18). The van der Waals surface area contributed by atoms with E-state index in [4.69, 9.17) is 4.74 Å². The number of aromatic amines is 1. The highest BCUT2D eigenvalue weighted by Gasteiger charge is 2.21. The Labute approximate surface area is 118 Å². The van der Waals surface area contributed by atoms with Crippen molar-refractivity contribution in [3.05, 3.63) is 41.2 Å². The summed E-state index contributed by atoms with van der Waals surface area (Å²) in [6.07, 6.45) is 0. The van der Waals surface area contributed by atoms with Gasteiger partial charge in [0.1, 0.15) is 5.75 Å². The van der Waals surface area contributed by atoms with Crippen LogP contribution in [0.2, 0.25) is 0 Å². The summed E-state index contributed by atoms with van der Waals surface area (Å²) in [6.45, 7) is 5.69. The molecular weight excluding hydrogens is 254 g/mol. The Bertz CT molecular complexity index is 600. The zero-order valence-electron chi connectivity index (χ0n) is 12.2. The lowest BCUT2D eigenvalue weighted by molar-refractivity contribution is -0.117. The summed E-state index contributed by atoms with van der Waals surface area (Å²) >= 11 is 0. The zero-order chi connectivity index (χ0) is 14.7. The van der Waals surface area contributed by atoms with Crippen LogP contribution in [0.5, 0.6) is 5.75 Å². The van der Waals surface area contributed by atoms with Crippen LogP contribution in [0, 0.1) is 13.8 Å². The molecule has 2 N–H and O–H groups in total. The third kappa shape index (κ3) is 2.82. The van der Waals surface area contributed by atoms with E-state index in [1.54, 1.807) is 13.2 Å². The van der Waals surface area contributed by atoms with Gasteiger partial charge >= 0.3 is 0 Å². The minimum Gasteiger partial charge on any atom is -0.497 e. The Hall–Kier alpha value is -2.30. The third-order valence-electron chi connectivity index (χ3n) is 3.35. The highest BCUT2D eigenvalue weighted by molar-refractivity contribution is 5.96. The van der Waals surface area contributed by atoms with E-state index in [1.165, 1.54) is 0 Å². The molecule has 0 aliphatic carbocycles. The minimum atomic E-state index is -0.264. The van der Waals surface area contributed by atoms with Gasteiger partial charge in [-0.05, 0) is 32.9 Å². The maximum Gasteiger partial charge on any atom is 0.231 e. The summed E-state index contributed by atoms with van der Waals surface area (Å²) in [5.41, 5.74) is 3.46. The summed E-state index contributed by atoms with van der Waals surface area (Å²) in [5, 5.41) is 9.93. The summed E-state index contributed by atoms with van der Waals surface area (Å²) in [6, 6.07) is 7.30. The molecule has 1 atom stereocenters. The normalized spacial score (nSPS) is 12.0. The number of hydrogen-bond acceptors (Lipinski definition) is 3. The van der Waals surface area contributed by atoms with Crippen molar-refractivity contribution in [2.75, 3.05) is 12.4 Å². The average Bonchev–Trinajstić information content (AvgIpc) is 2.77. The van der Waals surface area contributed by atoms with Gasteiger partial charge in [0.25, 0.3) is 0 Å². The van der Waals surface area contributed by atoms with Crippen molar-refractivity contribution in [2.24, 2.45) is 0 Å². The Kier molecular flexibility index (Phi) is 4.08. The Morgan fingerprint density at radius 2 is 2.15 bits per heavy atom. The van der Waals surface area contributed by atoms with Crippen LogP contribution in [0.25, 0.3) is 0 Å². The predicted molar refractivity (Wildman–Crippen MR) is 78.1 cm³/mol. The van der Waals surface area contributed by atoms with Gasteiger partial charge < -0.3 is 10.1 Å². The van der Waals surface area contributed by atoms with Gasteiger partial charge in [-0.1, -0.05) is 6.07 Å². The Balaban J connectivity index is 2.15. The van der Waals surface area contributed by atoms with Crippen molar-refractivity contribution < 1.29 is 9.53 Å². The number of hydrogen-bond donors (Lipinski definition) is 2. The number of amides is 1. The molecule has 20 heavy (non-hydrogen) atoms. The lowest BCUT2D eigenvalue weighted by Gasteiger charge is -2.13. The molecule has 0 bridgehead atoms. The molecule has 1 aromatic carbocycles. The van der Waals surface area contributed by atoms with E-state index in [2.05, 4.69) is 15.5 Å². The first-order valence-electron chi connectivity index (χ1n) is 6.49. The van der Waals surface area contributed by atoms with E-state index >= 15 is 0 Å². The lowest BCUT2D eigenvalue weighted by atomic mass is 9.98. The van der Waals surface area contributed by atoms with E-state index in [9.17, 15) is 4.79 Å². The fraction of sp³-hybridized carbons (Fsp3) is 0.333. The van der Waals surface area contributed by atoms with Gasteiger partial charge in [-0.25, -0.2) is 0 Å². The zero-order valence-corrected chi connectivity index (χ0v) is 12.2. The van der Waals surface area contributed by atoms with Gasteiger partial charge in [0.05, 0.1) is 18.7 Å². The lowest BCUT2D eigenvalue weighted by Crippen LogP contribution is -2.19.